The lowest BCUT2D eigenvalue weighted by atomic mass is 10.0. The van der Waals surface area contributed by atoms with E-state index in [1.54, 1.807) is 7.11 Å². The molecule has 0 radical (unpaired) electrons. The lowest BCUT2D eigenvalue weighted by molar-refractivity contribution is 0.415. The fraction of sp³-hybridized carbons (Fsp3) is 0.0556. The van der Waals surface area contributed by atoms with Gasteiger partial charge in [0, 0.05) is 0 Å². The maximum absolute atomic E-state index is 11.7. The van der Waals surface area contributed by atoms with Crippen LogP contribution < -0.4 is 19.5 Å². The highest BCUT2D eigenvalue weighted by Crippen LogP contribution is 2.24. The summed E-state index contributed by atoms with van der Waals surface area (Å²) >= 11 is 1.36. The average Bonchev–Trinajstić information content (AvgIpc) is 2.86. The molecular weight excluding hydrogens is 294 g/mol. The second kappa shape index (κ2) is 6.03. The fourth-order valence-electron chi connectivity index (χ4n) is 2.21. The van der Waals surface area contributed by atoms with Crippen molar-refractivity contribution < 1.29 is 4.74 Å². The number of benzene rings is 2. The highest BCUT2D eigenvalue weighted by molar-refractivity contribution is 7.07. The first-order chi connectivity index (χ1) is 10.7. The maximum Gasteiger partial charge on any atom is 0.266 e. The van der Waals surface area contributed by atoms with Crippen LogP contribution in [0.3, 0.4) is 0 Å². The third-order valence-electron chi connectivity index (χ3n) is 3.32. The number of hydrogen-bond donors (Lipinski definition) is 1. The normalized spacial score (nSPS) is 11.6. The molecule has 3 rings (SSSR count). The summed E-state index contributed by atoms with van der Waals surface area (Å²) in [4.78, 5) is 14.4. The molecule has 0 bridgehead atoms. The Morgan fingerprint density at radius 3 is 2.55 bits per heavy atom. The molecule has 2 aromatic carbocycles. The minimum atomic E-state index is -0.0909. The molecule has 0 unspecified atom stereocenters. The van der Waals surface area contributed by atoms with Gasteiger partial charge in [0.25, 0.3) is 5.56 Å². The first-order valence-electron chi connectivity index (χ1n) is 6.80. The first kappa shape index (κ1) is 14.4. The lowest BCUT2D eigenvalue weighted by Crippen LogP contribution is -2.19. The van der Waals surface area contributed by atoms with Crippen LogP contribution in [0.1, 0.15) is 5.56 Å². The molecule has 4 heteroatoms. The molecule has 0 fully saturated rings. The Labute approximate surface area is 131 Å². The Morgan fingerprint density at radius 2 is 1.91 bits per heavy atom. The summed E-state index contributed by atoms with van der Waals surface area (Å²) in [5.41, 5.74) is 3.10. The molecule has 0 aliphatic rings. The van der Waals surface area contributed by atoms with Crippen molar-refractivity contribution in [3.63, 3.8) is 0 Å². The van der Waals surface area contributed by atoms with E-state index in [2.05, 4.69) is 11.6 Å². The molecule has 1 aromatic heterocycles. The molecule has 0 aliphatic carbocycles. The van der Waals surface area contributed by atoms with Gasteiger partial charge in [0.05, 0.1) is 16.3 Å². The Kier molecular flexibility index (Phi) is 3.94. The molecule has 0 saturated carbocycles. The summed E-state index contributed by atoms with van der Waals surface area (Å²) < 4.78 is 6.58. The zero-order valence-electron chi connectivity index (χ0n) is 12.1. The predicted molar refractivity (Wildman–Crippen MR) is 91.7 cm³/mol. The molecule has 110 valence electrons. The number of thiazole rings is 1. The van der Waals surface area contributed by atoms with Gasteiger partial charge < -0.3 is 9.72 Å². The molecule has 0 aliphatic heterocycles. The highest BCUT2D eigenvalue weighted by Gasteiger charge is 2.00. The van der Waals surface area contributed by atoms with Crippen molar-refractivity contribution in [3.05, 3.63) is 73.6 Å². The number of methoxy groups -OCH3 is 1. The van der Waals surface area contributed by atoms with Gasteiger partial charge in [-0.25, -0.2) is 0 Å². The molecule has 3 nitrogen and oxygen atoms in total. The Morgan fingerprint density at radius 1 is 1.14 bits per heavy atom. The molecule has 1 heterocycles. The van der Waals surface area contributed by atoms with E-state index >= 15 is 0 Å². The van der Waals surface area contributed by atoms with Crippen LogP contribution >= 0.6 is 11.3 Å². The van der Waals surface area contributed by atoms with Crippen LogP contribution in [0.15, 0.2) is 53.3 Å². The van der Waals surface area contributed by atoms with Gasteiger partial charge in [-0.3, -0.25) is 4.79 Å². The van der Waals surface area contributed by atoms with Crippen molar-refractivity contribution in [2.75, 3.05) is 7.11 Å². The van der Waals surface area contributed by atoms with Crippen LogP contribution in [-0.2, 0) is 0 Å². The van der Waals surface area contributed by atoms with Crippen LogP contribution in [0.25, 0.3) is 23.8 Å². The monoisotopic (exact) mass is 309 g/mol. The van der Waals surface area contributed by atoms with Gasteiger partial charge >= 0.3 is 0 Å². The molecule has 0 atom stereocenters. The van der Waals surface area contributed by atoms with Crippen molar-refractivity contribution in [1.82, 2.24) is 4.98 Å². The van der Waals surface area contributed by atoms with E-state index in [0.717, 1.165) is 22.4 Å². The summed E-state index contributed by atoms with van der Waals surface area (Å²) in [7, 11) is 1.66. The van der Waals surface area contributed by atoms with Crippen LogP contribution in [0.2, 0.25) is 0 Å². The second-order valence-electron chi connectivity index (χ2n) is 4.84. The third kappa shape index (κ3) is 3.02. The van der Waals surface area contributed by atoms with Crippen LogP contribution in [0.5, 0.6) is 5.75 Å². The molecule has 1 N–H and O–H groups in total. The van der Waals surface area contributed by atoms with E-state index in [4.69, 9.17) is 4.74 Å². The number of aromatic amines is 1. The summed E-state index contributed by atoms with van der Waals surface area (Å²) in [6, 6.07) is 16.0. The van der Waals surface area contributed by atoms with Crippen LogP contribution in [-0.4, -0.2) is 12.1 Å². The first-order valence-corrected chi connectivity index (χ1v) is 7.61. The highest BCUT2D eigenvalue weighted by atomic mass is 32.1. The van der Waals surface area contributed by atoms with E-state index in [1.165, 1.54) is 11.3 Å². The number of H-pyrrole nitrogens is 1. The largest absolute Gasteiger partial charge is 0.497 e. The van der Waals surface area contributed by atoms with E-state index in [1.807, 2.05) is 54.6 Å². The van der Waals surface area contributed by atoms with Crippen LogP contribution in [0.4, 0.5) is 0 Å². The predicted octanol–water partition coefficient (Wildman–Crippen LogP) is 2.35. The van der Waals surface area contributed by atoms with E-state index in [9.17, 15) is 4.79 Å². The molecule has 3 aromatic rings. The number of rotatable bonds is 3. The SMILES string of the molecule is C=c1[nH]c(=O)/c(=C/c2ccc(-c3cccc(OC)c3)cc2)s1. The number of hydrogen-bond acceptors (Lipinski definition) is 3. The zero-order chi connectivity index (χ0) is 15.5. The van der Waals surface area contributed by atoms with Gasteiger partial charge in [0.15, 0.2) is 0 Å². The number of ether oxygens (including phenoxy) is 1. The Bertz CT molecular complexity index is 952. The summed E-state index contributed by atoms with van der Waals surface area (Å²) in [5, 5.41) is 0. The smallest absolute Gasteiger partial charge is 0.266 e. The van der Waals surface area contributed by atoms with Crippen molar-refractivity contribution in [1.29, 1.82) is 0 Å². The molecular formula is C18H15NO2S. The van der Waals surface area contributed by atoms with Gasteiger partial charge in [0.2, 0.25) is 0 Å². The average molecular weight is 309 g/mol. The van der Waals surface area contributed by atoms with Gasteiger partial charge in [-0.1, -0.05) is 43.0 Å². The zero-order valence-corrected chi connectivity index (χ0v) is 12.9. The van der Waals surface area contributed by atoms with Crippen molar-refractivity contribution in [3.8, 4) is 16.9 Å². The summed E-state index contributed by atoms with van der Waals surface area (Å²) in [5.74, 6) is 0.834. The number of aromatic nitrogens is 1. The van der Waals surface area contributed by atoms with Crippen molar-refractivity contribution in [2.45, 2.75) is 0 Å². The summed E-state index contributed by atoms with van der Waals surface area (Å²) in [6.45, 7) is 3.74. The molecule has 22 heavy (non-hydrogen) atoms. The van der Waals surface area contributed by atoms with E-state index < -0.39 is 0 Å². The molecule has 0 amide bonds. The standard InChI is InChI=1S/C18H15NO2S/c1-12-19-18(20)17(22-12)10-13-6-8-14(9-7-13)15-4-3-5-16(11-15)21-2/h3-11H,1H2,2H3,(H,19,20)/b17-10-. The number of nitrogens with one attached hydrogen (secondary N) is 1. The fourth-order valence-corrected chi connectivity index (χ4v) is 2.96. The van der Waals surface area contributed by atoms with E-state index in [-0.39, 0.29) is 5.56 Å². The Hall–Kier alpha value is -2.59. The minimum absolute atomic E-state index is 0.0909. The van der Waals surface area contributed by atoms with Crippen molar-refractivity contribution in [2.24, 2.45) is 0 Å². The Balaban J connectivity index is 1.96. The minimum Gasteiger partial charge on any atom is -0.497 e. The van der Waals surface area contributed by atoms with Crippen LogP contribution in [0, 0.1) is 0 Å². The second-order valence-corrected chi connectivity index (χ2v) is 5.98. The van der Waals surface area contributed by atoms with E-state index in [0.29, 0.717) is 9.20 Å². The topological polar surface area (TPSA) is 42.1 Å². The maximum atomic E-state index is 11.7. The van der Waals surface area contributed by atoms with Crippen molar-refractivity contribution >= 4 is 24.0 Å². The van der Waals surface area contributed by atoms with Gasteiger partial charge in [0.1, 0.15) is 5.75 Å². The van der Waals surface area contributed by atoms with Gasteiger partial charge in [-0.2, -0.15) is 0 Å². The van der Waals surface area contributed by atoms with Gasteiger partial charge in [-0.05, 0) is 34.9 Å². The lowest BCUT2D eigenvalue weighted by Gasteiger charge is -2.05. The third-order valence-corrected chi connectivity index (χ3v) is 4.19. The quantitative estimate of drug-likeness (QED) is 0.807. The molecule has 0 saturated heterocycles. The summed E-state index contributed by atoms with van der Waals surface area (Å²) in [6.07, 6.45) is 1.87. The molecule has 0 spiro atoms. The van der Waals surface area contributed by atoms with Gasteiger partial charge in [-0.15, -0.1) is 11.3 Å².